The van der Waals surface area contributed by atoms with E-state index in [9.17, 15) is 23.3 Å². The van der Waals surface area contributed by atoms with Crippen LogP contribution in [0.4, 0.5) is 11.4 Å². The second-order valence-corrected chi connectivity index (χ2v) is 9.14. The summed E-state index contributed by atoms with van der Waals surface area (Å²) in [6, 6.07) is 18.3. The lowest BCUT2D eigenvalue weighted by molar-refractivity contribution is -0.384. The van der Waals surface area contributed by atoms with Crippen molar-refractivity contribution in [2.75, 3.05) is 10.8 Å². The van der Waals surface area contributed by atoms with E-state index in [1.165, 1.54) is 30.3 Å². The first-order chi connectivity index (χ1) is 15.7. The molecule has 0 aliphatic carbocycles. The Hall–Kier alpha value is -3.76. The number of halogens is 1. The third kappa shape index (κ3) is 5.73. The highest BCUT2D eigenvalue weighted by atomic mass is 35.5. The van der Waals surface area contributed by atoms with Gasteiger partial charge in [-0.2, -0.15) is 5.10 Å². The molecule has 11 heteroatoms. The van der Waals surface area contributed by atoms with Crippen LogP contribution in [0.5, 0.6) is 0 Å². The molecule has 1 N–H and O–H groups in total. The summed E-state index contributed by atoms with van der Waals surface area (Å²) in [6.07, 6.45) is 1.15. The van der Waals surface area contributed by atoms with Gasteiger partial charge in [-0.1, -0.05) is 48.0 Å². The number of hydrogen-bond donors (Lipinski definition) is 1. The van der Waals surface area contributed by atoms with Crippen LogP contribution in [-0.4, -0.2) is 32.0 Å². The molecule has 0 fully saturated rings. The van der Waals surface area contributed by atoms with E-state index in [-0.39, 0.29) is 21.2 Å². The molecule has 0 atom stereocenters. The number of benzene rings is 3. The largest absolute Gasteiger partial charge is 0.271 e. The van der Waals surface area contributed by atoms with Crippen molar-refractivity contribution in [2.24, 2.45) is 5.10 Å². The average molecular weight is 487 g/mol. The van der Waals surface area contributed by atoms with Crippen LogP contribution in [0.1, 0.15) is 11.1 Å². The van der Waals surface area contributed by atoms with Crippen molar-refractivity contribution in [2.45, 2.75) is 11.8 Å². The Bertz CT molecular complexity index is 1310. The third-order valence-electron chi connectivity index (χ3n) is 4.59. The highest BCUT2D eigenvalue weighted by molar-refractivity contribution is 7.92. The zero-order valence-electron chi connectivity index (χ0n) is 17.4. The highest BCUT2D eigenvalue weighted by Crippen LogP contribution is 2.26. The van der Waals surface area contributed by atoms with Gasteiger partial charge in [-0.05, 0) is 36.8 Å². The Kier molecular flexibility index (Phi) is 7.41. The predicted molar refractivity (Wildman–Crippen MR) is 126 cm³/mol. The molecule has 0 unspecified atom stereocenters. The van der Waals surface area contributed by atoms with E-state index in [1.54, 1.807) is 49.4 Å². The van der Waals surface area contributed by atoms with Crippen LogP contribution in [0.3, 0.4) is 0 Å². The van der Waals surface area contributed by atoms with Gasteiger partial charge in [0.25, 0.3) is 21.6 Å². The number of rotatable bonds is 8. The van der Waals surface area contributed by atoms with Crippen molar-refractivity contribution in [1.82, 2.24) is 5.43 Å². The minimum atomic E-state index is -4.05. The fourth-order valence-electron chi connectivity index (χ4n) is 2.95. The van der Waals surface area contributed by atoms with Crippen LogP contribution < -0.4 is 9.73 Å². The highest BCUT2D eigenvalue weighted by Gasteiger charge is 2.28. The fourth-order valence-corrected chi connectivity index (χ4v) is 4.62. The minimum absolute atomic E-state index is 0.0351. The monoisotopic (exact) mass is 486 g/mol. The van der Waals surface area contributed by atoms with Gasteiger partial charge in [0.2, 0.25) is 0 Å². The summed E-state index contributed by atoms with van der Waals surface area (Å²) in [6.45, 7) is 1.20. The number of carbonyl (C=O) groups is 1. The minimum Gasteiger partial charge on any atom is -0.271 e. The van der Waals surface area contributed by atoms with Crippen LogP contribution >= 0.6 is 11.6 Å². The van der Waals surface area contributed by atoms with Gasteiger partial charge in [0, 0.05) is 22.7 Å². The molecule has 3 aromatic rings. The maximum absolute atomic E-state index is 13.3. The number of nitrogens with one attached hydrogen (secondary N) is 1. The van der Waals surface area contributed by atoms with Crippen molar-refractivity contribution >= 4 is 45.1 Å². The number of para-hydroxylation sites is 1. The summed E-state index contributed by atoms with van der Waals surface area (Å²) < 4.78 is 27.6. The van der Waals surface area contributed by atoms with Crippen LogP contribution in [0, 0.1) is 17.0 Å². The SMILES string of the molecule is Cc1ccccc1N(CC(=O)N/N=C\c1cc([N+](=O)[O-])ccc1Cl)S(=O)(=O)c1ccccc1. The van der Waals surface area contributed by atoms with Gasteiger partial charge in [0.1, 0.15) is 6.54 Å². The second kappa shape index (κ2) is 10.2. The number of hydrazone groups is 1. The van der Waals surface area contributed by atoms with E-state index < -0.39 is 27.4 Å². The topological polar surface area (TPSA) is 122 Å². The Morgan fingerprint density at radius 1 is 1.12 bits per heavy atom. The Morgan fingerprint density at radius 2 is 1.79 bits per heavy atom. The molecular weight excluding hydrogens is 468 g/mol. The summed E-state index contributed by atoms with van der Waals surface area (Å²) >= 11 is 6.01. The number of amides is 1. The zero-order chi connectivity index (χ0) is 24.0. The molecule has 0 radical (unpaired) electrons. The quantitative estimate of drug-likeness (QED) is 0.294. The average Bonchev–Trinajstić information content (AvgIpc) is 2.79. The number of hydrogen-bond acceptors (Lipinski definition) is 6. The number of nitro groups is 1. The Morgan fingerprint density at radius 3 is 2.45 bits per heavy atom. The number of sulfonamides is 1. The Labute approximate surface area is 195 Å². The predicted octanol–water partition coefficient (Wildman–Crippen LogP) is 3.90. The number of carbonyl (C=O) groups excluding carboxylic acids is 1. The van der Waals surface area contributed by atoms with E-state index in [2.05, 4.69) is 10.5 Å². The van der Waals surface area contributed by atoms with Crippen molar-refractivity contribution < 1.29 is 18.1 Å². The lowest BCUT2D eigenvalue weighted by Crippen LogP contribution is -2.40. The first-order valence-electron chi connectivity index (χ1n) is 9.59. The van der Waals surface area contributed by atoms with Crippen LogP contribution in [0.15, 0.2) is 82.8 Å². The van der Waals surface area contributed by atoms with Gasteiger partial charge < -0.3 is 0 Å². The van der Waals surface area contributed by atoms with Gasteiger partial charge >= 0.3 is 0 Å². The van der Waals surface area contributed by atoms with Gasteiger partial charge in [-0.25, -0.2) is 13.8 Å². The molecule has 33 heavy (non-hydrogen) atoms. The molecule has 9 nitrogen and oxygen atoms in total. The molecule has 0 bridgehead atoms. The molecule has 0 heterocycles. The van der Waals surface area contributed by atoms with E-state index in [0.29, 0.717) is 11.3 Å². The van der Waals surface area contributed by atoms with Crippen molar-refractivity contribution in [3.63, 3.8) is 0 Å². The molecule has 170 valence electrons. The van der Waals surface area contributed by atoms with Gasteiger partial charge in [0.05, 0.1) is 21.7 Å². The number of anilines is 1. The third-order valence-corrected chi connectivity index (χ3v) is 6.70. The van der Waals surface area contributed by atoms with E-state index in [1.807, 2.05) is 0 Å². The lowest BCUT2D eigenvalue weighted by atomic mass is 10.2. The smallest absolute Gasteiger partial charge is 0.270 e. The fraction of sp³-hybridized carbons (Fsp3) is 0.0909. The molecule has 3 aromatic carbocycles. The van der Waals surface area contributed by atoms with Crippen LogP contribution in [0.25, 0.3) is 0 Å². The number of non-ortho nitro benzene ring substituents is 1. The maximum Gasteiger partial charge on any atom is 0.270 e. The van der Waals surface area contributed by atoms with E-state index in [0.717, 1.165) is 10.5 Å². The van der Waals surface area contributed by atoms with Crippen molar-refractivity contribution in [3.05, 3.63) is 99.1 Å². The molecular formula is C22H19ClN4O5S. The molecule has 0 saturated heterocycles. The summed E-state index contributed by atoms with van der Waals surface area (Å²) in [5.74, 6) is -0.712. The number of aryl methyl sites for hydroxylation is 1. The van der Waals surface area contributed by atoms with Gasteiger partial charge in [0.15, 0.2) is 0 Å². The Balaban J connectivity index is 1.85. The molecule has 0 spiro atoms. The first-order valence-corrected chi connectivity index (χ1v) is 11.4. The first kappa shape index (κ1) is 23.9. The summed E-state index contributed by atoms with van der Waals surface area (Å²) in [7, 11) is -4.05. The normalized spacial score (nSPS) is 11.3. The molecule has 0 aromatic heterocycles. The molecule has 1 amide bonds. The molecule has 0 aliphatic heterocycles. The van der Waals surface area contributed by atoms with Crippen molar-refractivity contribution in [3.8, 4) is 0 Å². The summed E-state index contributed by atoms with van der Waals surface area (Å²) in [4.78, 5) is 23.0. The van der Waals surface area contributed by atoms with Gasteiger partial charge in [-0.15, -0.1) is 0 Å². The van der Waals surface area contributed by atoms with Crippen LogP contribution in [-0.2, 0) is 14.8 Å². The van der Waals surface area contributed by atoms with E-state index >= 15 is 0 Å². The van der Waals surface area contributed by atoms with Crippen LogP contribution in [0.2, 0.25) is 5.02 Å². The second-order valence-electron chi connectivity index (χ2n) is 6.87. The number of nitro benzene ring substituents is 1. The molecule has 0 aliphatic rings. The van der Waals surface area contributed by atoms with Crippen molar-refractivity contribution in [1.29, 1.82) is 0 Å². The van der Waals surface area contributed by atoms with E-state index in [4.69, 9.17) is 11.6 Å². The maximum atomic E-state index is 13.3. The lowest BCUT2D eigenvalue weighted by Gasteiger charge is -2.25. The summed E-state index contributed by atoms with van der Waals surface area (Å²) in [5.41, 5.74) is 3.29. The van der Waals surface area contributed by atoms with Gasteiger partial charge in [-0.3, -0.25) is 19.2 Å². The standard InChI is InChI=1S/C22H19ClN4O5S/c1-16-7-5-6-10-21(16)26(33(31,32)19-8-3-2-4-9-19)15-22(28)25-24-14-17-13-18(27(29)30)11-12-20(17)23/h2-14H,15H2,1H3,(H,25,28)/b24-14-. The zero-order valence-corrected chi connectivity index (χ0v) is 19.0. The number of nitrogens with zero attached hydrogens (tertiary/aromatic N) is 3. The molecule has 0 saturated carbocycles. The molecule has 3 rings (SSSR count). The summed E-state index contributed by atoms with van der Waals surface area (Å²) in [5, 5.41) is 14.9.